The molecule has 176 valence electrons. The molecule has 33 heavy (non-hydrogen) atoms. The number of phenols is 1. The summed E-state index contributed by atoms with van der Waals surface area (Å²) >= 11 is 6.35. The summed E-state index contributed by atoms with van der Waals surface area (Å²) in [4.78, 5) is 36.1. The number of benzene rings is 2. The first kappa shape index (κ1) is 24.4. The largest absolute Gasteiger partial charge is 0.507 e. The lowest BCUT2D eigenvalue weighted by Crippen LogP contribution is -2.36. The predicted octanol–water partition coefficient (Wildman–Crippen LogP) is 4.71. The molecular weight excluding hydrogens is 448 g/mol. The summed E-state index contributed by atoms with van der Waals surface area (Å²) in [6, 6.07) is 7.51. The number of phenolic OH excluding ortho intramolecular Hbond substituents is 1. The van der Waals surface area contributed by atoms with Crippen LogP contribution in [0.5, 0.6) is 17.2 Å². The van der Waals surface area contributed by atoms with Gasteiger partial charge >= 0.3 is 11.9 Å². The highest BCUT2D eigenvalue weighted by atomic mass is 35.5. The third-order valence-corrected chi connectivity index (χ3v) is 5.60. The Morgan fingerprint density at radius 3 is 2.52 bits per heavy atom. The molecule has 1 aliphatic rings. The van der Waals surface area contributed by atoms with Crippen molar-refractivity contribution in [3.63, 3.8) is 0 Å². The van der Waals surface area contributed by atoms with Crippen LogP contribution in [0.2, 0.25) is 5.02 Å². The average Bonchev–Trinajstić information content (AvgIpc) is 2.78. The van der Waals surface area contributed by atoms with Gasteiger partial charge in [-0.25, -0.2) is 4.79 Å². The number of rotatable bonds is 6. The number of aromatic hydroxyl groups is 1. The molecule has 0 saturated heterocycles. The molecule has 0 unspecified atom stereocenters. The Bertz CT molecular complexity index is 1030. The van der Waals surface area contributed by atoms with E-state index in [0.717, 1.165) is 25.7 Å². The molecule has 0 radical (unpaired) electrons. The van der Waals surface area contributed by atoms with Crippen LogP contribution in [0, 0.1) is 6.92 Å². The van der Waals surface area contributed by atoms with E-state index in [1.54, 1.807) is 19.9 Å². The Balaban J connectivity index is 1.74. The van der Waals surface area contributed by atoms with Gasteiger partial charge in [0.1, 0.15) is 17.2 Å². The fraction of sp³-hybridized carbons (Fsp3) is 0.375. The highest BCUT2D eigenvalue weighted by Gasteiger charge is 2.20. The van der Waals surface area contributed by atoms with Gasteiger partial charge in [0, 0.05) is 11.7 Å². The molecule has 0 spiro atoms. The number of hydrogen-bond donors (Lipinski definition) is 3. The molecule has 8 nitrogen and oxygen atoms in total. The molecule has 1 saturated carbocycles. The zero-order valence-electron chi connectivity index (χ0n) is 18.6. The molecule has 0 bridgehead atoms. The SMILES string of the molecule is CCOC(=O)C(=O)Nc1cc(C)c(Oc2ccc(O)c(C(=O)NC3CCCCC3)c2)c(Cl)c1. The number of amides is 2. The van der Waals surface area contributed by atoms with Crippen molar-refractivity contribution >= 4 is 35.1 Å². The van der Waals surface area contributed by atoms with E-state index in [1.165, 1.54) is 30.7 Å². The van der Waals surface area contributed by atoms with E-state index in [4.69, 9.17) is 16.3 Å². The molecule has 9 heteroatoms. The van der Waals surface area contributed by atoms with Gasteiger partial charge in [-0.3, -0.25) is 9.59 Å². The van der Waals surface area contributed by atoms with Crippen molar-refractivity contribution in [2.75, 3.05) is 11.9 Å². The van der Waals surface area contributed by atoms with Crippen molar-refractivity contribution in [1.82, 2.24) is 5.32 Å². The third-order valence-electron chi connectivity index (χ3n) is 5.32. The second-order valence-electron chi connectivity index (χ2n) is 7.87. The minimum atomic E-state index is -0.991. The number of halogens is 1. The van der Waals surface area contributed by atoms with Crippen molar-refractivity contribution in [2.24, 2.45) is 0 Å². The number of carbonyl (C=O) groups is 3. The number of esters is 1. The smallest absolute Gasteiger partial charge is 0.397 e. The van der Waals surface area contributed by atoms with E-state index >= 15 is 0 Å². The number of aryl methyl sites for hydroxylation is 1. The van der Waals surface area contributed by atoms with Gasteiger partial charge in [0.05, 0.1) is 17.2 Å². The minimum absolute atomic E-state index is 0.0894. The van der Waals surface area contributed by atoms with Crippen molar-refractivity contribution in [1.29, 1.82) is 0 Å². The maximum atomic E-state index is 12.7. The molecule has 0 aromatic heterocycles. The van der Waals surface area contributed by atoms with Crippen LogP contribution in [0.25, 0.3) is 0 Å². The monoisotopic (exact) mass is 474 g/mol. The quantitative estimate of drug-likeness (QED) is 0.412. The van der Waals surface area contributed by atoms with Crippen molar-refractivity contribution in [3.8, 4) is 17.2 Å². The van der Waals surface area contributed by atoms with Crippen molar-refractivity contribution in [2.45, 2.75) is 52.0 Å². The molecule has 0 aliphatic heterocycles. The van der Waals surface area contributed by atoms with Gasteiger partial charge in [-0.05, 0) is 62.6 Å². The van der Waals surface area contributed by atoms with E-state index in [0.29, 0.717) is 22.7 Å². The Labute approximate surface area is 197 Å². The molecule has 2 aromatic rings. The summed E-state index contributed by atoms with van der Waals surface area (Å²) in [7, 11) is 0. The summed E-state index contributed by atoms with van der Waals surface area (Å²) in [5, 5.41) is 15.8. The third kappa shape index (κ3) is 6.38. The Kier molecular flexibility index (Phi) is 8.16. The maximum absolute atomic E-state index is 12.7. The van der Waals surface area contributed by atoms with E-state index in [-0.39, 0.29) is 34.9 Å². The minimum Gasteiger partial charge on any atom is -0.507 e. The summed E-state index contributed by atoms with van der Waals surface area (Å²) in [6.07, 6.45) is 5.18. The molecule has 3 N–H and O–H groups in total. The molecular formula is C24H27ClN2O6. The van der Waals surface area contributed by atoms with E-state index in [9.17, 15) is 19.5 Å². The normalized spacial score (nSPS) is 13.8. The van der Waals surface area contributed by atoms with Crippen LogP contribution in [-0.2, 0) is 14.3 Å². The van der Waals surface area contributed by atoms with Gasteiger partial charge in [0.25, 0.3) is 5.91 Å². The maximum Gasteiger partial charge on any atom is 0.397 e. The number of anilines is 1. The Morgan fingerprint density at radius 1 is 1.12 bits per heavy atom. The van der Waals surface area contributed by atoms with Crippen LogP contribution in [0.1, 0.15) is 54.9 Å². The lowest BCUT2D eigenvalue weighted by Gasteiger charge is -2.23. The van der Waals surface area contributed by atoms with Crippen LogP contribution >= 0.6 is 11.6 Å². The fourth-order valence-corrected chi connectivity index (χ4v) is 4.00. The van der Waals surface area contributed by atoms with Crippen LogP contribution in [0.3, 0.4) is 0 Å². The number of ether oxygens (including phenoxy) is 2. The van der Waals surface area contributed by atoms with Gasteiger partial charge in [0.15, 0.2) is 0 Å². The predicted molar refractivity (Wildman–Crippen MR) is 124 cm³/mol. The van der Waals surface area contributed by atoms with Gasteiger partial charge < -0.3 is 25.2 Å². The standard InChI is InChI=1S/C24H27ClN2O6/c1-3-32-24(31)23(30)27-16-11-14(2)21(19(25)12-16)33-17-9-10-20(28)18(13-17)22(29)26-15-7-5-4-6-8-15/h9-13,15,28H,3-8H2,1-2H3,(H,26,29)(H,27,30). The molecule has 2 amide bonds. The van der Waals surface area contributed by atoms with Crippen molar-refractivity contribution in [3.05, 3.63) is 46.5 Å². The van der Waals surface area contributed by atoms with Gasteiger partial charge in [-0.2, -0.15) is 0 Å². The van der Waals surface area contributed by atoms with Crippen LogP contribution in [0.4, 0.5) is 5.69 Å². The van der Waals surface area contributed by atoms with Crippen LogP contribution < -0.4 is 15.4 Å². The lowest BCUT2D eigenvalue weighted by atomic mass is 9.95. The van der Waals surface area contributed by atoms with E-state index < -0.39 is 11.9 Å². The number of nitrogens with one attached hydrogen (secondary N) is 2. The molecule has 0 atom stereocenters. The molecule has 1 aliphatic carbocycles. The molecule has 3 rings (SSSR count). The highest BCUT2D eigenvalue weighted by Crippen LogP contribution is 2.36. The zero-order valence-corrected chi connectivity index (χ0v) is 19.3. The second kappa shape index (κ2) is 11.0. The number of carbonyl (C=O) groups excluding carboxylic acids is 3. The first-order valence-corrected chi connectivity index (χ1v) is 11.3. The second-order valence-corrected chi connectivity index (χ2v) is 8.28. The Morgan fingerprint density at radius 2 is 1.85 bits per heavy atom. The first-order chi connectivity index (χ1) is 15.8. The van der Waals surface area contributed by atoms with Gasteiger partial charge in [-0.15, -0.1) is 0 Å². The van der Waals surface area contributed by atoms with E-state index in [1.807, 2.05) is 0 Å². The number of hydrogen-bond acceptors (Lipinski definition) is 6. The molecule has 0 heterocycles. The Hall–Kier alpha value is -3.26. The zero-order chi connectivity index (χ0) is 24.0. The summed E-state index contributed by atoms with van der Waals surface area (Å²) in [5.74, 6) is -1.77. The highest BCUT2D eigenvalue weighted by molar-refractivity contribution is 6.37. The van der Waals surface area contributed by atoms with Crippen molar-refractivity contribution < 1.29 is 29.0 Å². The van der Waals surface area contributed by atoms with Crippen LogP contribution in [0.15, 0.2) is 30.3 Å². The average molecular weight is 475 g/mol. The summed E-state index contributed by atoms with van der Waals surface area (Å²) in [5.41, 5.74) is 1.01. The summed E-state index contributed by atoms with van der Waals surface area (Å²) < 4.78 is 10.6. The van der Waals surface area contributed by atoms with Gasteiger partial charge in [0.2, 0.25) is 0 Å². The fourth-order valence-electron chi connectivity index (χ4n) is 3.70. The van der Waals surface area contributed by atoms with Crippen LogP contribution in [-0.4, -0.2) is 35.5 Å². The van der Waals surface area contributed by atoms with Gasteiger partial charge in [-0.1, -0.05) is 30.9 Å². The molecule has 1 fully saturated rings. The topological polar surface area (TPSA) is 114 Å². The first-order valence-electron chi connectivity index (χ1n) is 10.9. The lowest BCUT2D eigenvalue weighted by molar-refractivity contribution is -0.152. The van der Waals surface area contributed by atoms with E-state index in [2.05, 4.69) is 15.4 Å². The summed E-state index contributed by atoms with van der Waals surface area (Å²) in [6.45, 7) is 3.41. The molecule has 2 aromatic carbocycles.